The number of amides is 1. The number of carbonyl (C=O) groups is 3. The van der Waals surface area contributed by atoms with E-state index < -0.39 is 12.1 Å². The number of halogens is 1. The van der Waals surface area contributed by atoms with Crippen molar-refractivity contribution in [2.75, 3.05) is 5.32 Å². The highest BCUT2D eigenvalue weighted by Gasteiger charge is 2.21. The SMILES string of the molecule is CC(C)C(=O)Nc1ccc(C(=O)C(C)OC(=O)c2ccccc2Br)cc1. The largest absolute Gasteiger partial charge is 0.451 e. The Morgan fingerprint density at radius 3 is 2.15 bits per heavy atom. The van der Waals surface area contributed by atoms with Gasteiger partial charge in [0.25, 0.3) is 0 Å². The Kier molecular flexibility index (Phi) is 6.69. The fourth-order valence-corrected chi connectivity index (χ4v) is 2.59. The van der Waals surface area contributed by atoms with Crippen molar-refractivity contribution in [3.63, 3.8) is 0 Å². The Morgan fingerprint density at radius 1 is 0.962 bits per heavy atom. The van der Waals surface area contributed by atoms with E-state index in [0.717, 1.165) is 0 Å². The summed E-state index contributed by atoms with van der Waals surface area (Å²) in [4.78, 5) is 36.3. The average molecular weight is 418 g/mol. The molecule has 1 unspecified atom stereocenters. The second-order valence-corrected chi connectivity index (χ2v) is 6.97. The zero-order chi connectivity index (χ0) is 19.3. The van der Waals surface area contributed by atoms with Gasteiger partial charge < -0.3 is 10.1 Å². The molecule has 0 heterocycles. The van der Waals surface area contributed by atoms with Gasteiger partial charge in [-0.05, 0) is 59.3 Å². The number of esters is 1. The molecule has 1 amide bonds. The number of Topliss-reactive ketones (excluding diaryl/α,β-unsaturated/α-hetero) is 1. The predicted octanol–water partition coefficient (Wildman–Crippen LogP) is 4.47. The van der Waals surface area contributed by atoms with Crippen LogP contribution in [-0.4, -0.2) is 23.8 Å². The van der Waals surface area contributed by atoms with E-state index in [1.807, 2.05) is 0 Å². The molecule has 136 valence electrons. The minimum atomic E-state index is -0.925. The Bertz CT molecular complexity index is 815. The summed E-state index contributed by atoms with van der Waals surface area (Å²) in [5.74, 6) is -1.11. The van der Waals surface area contributed by atoms with Gasteiger partial charge in [-0.3, -0.25) is 9.59 Å². The molecular weight excluding hydrogens is 398 g/mol. The summed E-state index contributed by atoms with van der Waals surface area (Å²) < 4.78 is 5.88. The first-order valence-corrected chi connectivity index (χ1v) is 8.99. The van der Waals surface area contributed by atoms with Gasteiger partial charge in [0, 0.05) is 21.6 Å². The van der Waals surface area contributed by atoms with Crippen LogP contribution in [0.3, 0.4) is 0 Å². The smallest absolute Gasteiger partial charge is 0.339 e. The zero-order valence-electron chi connectivity index (χ0n) is 14.8. The number of ether oxygens (including phenoxy) is 1. The van der Waals surface area contributed by atoms with Crippen molar-refractivity contribution < 1.29 is 19.1 Å². The van der Waals surface area contributed by atoms with Crippen molar-refractivity contribution in [3.8, 4) is 0 Å². The molecule has 6 heteroatoms. The summed E-state index contributed by atoms with van der Waals surface area (Å²) in [6.07, 6.45) is -0.925. The van der Waals surface area contributed by atoms with Gasteiger partial charge in [0.2, 0.25) is 11.7 Å². The van der Waals surface area contributed by atoms with Crippen LogP contribution in [-0.2, 0) is 9.53 Å². The summed E-state index contributed by atoms with van der Waals surface area (Å²) in [5.41, 5.74) is 1.37. The molecule has 26 heavy (non-hydrogen) atoms. The van der Waals surface area contributed by atoms with Crippen molar-refractivity contribution in [1.82, 2.24) is 0 Å². The first-order chi connectivity index (χ1) is 12.3. The van der Waals surface area contributed by atoms with Crippen LogP contribution in [0.15, 0.2) is 53.0 Å². The van der Waals surface area contributed by atoms with Crippen LogP contribution in [0, 0.1) is 5.92 Å². The van der Waals surface area contributed by atoms with E-state index in [9.17, 15) is 14.4 Å². The number of nitrogens with one attached hydrogen (secondary N) is 1. The standard InChI is InChI=1S/C20H20BrNO4/c1-12(2)19(24)22-15-10-8-14(9-11-15)18(23)13(3)26-20(25)16-6-4-5-7-17(16)21/h4-13H,1-3H3,(H,22,24). The van der Waals surface area contributed by atoms with Crippen LogP contribution in [0.25, 0.3) is 0 Å². The van der Waals surface area contributed by atoms with Crippen molar-refractivity contribution >= 4 is 39.3 Å². The second kappa shape index (κ2) is 8.76. The highest BCUT2D eigenvalue weighted by atomic mass is 79.9. The van der Waals surface area contributed by atoms with Gasteiger partial charge in [0.15, 0.2) is 6.10 Å². The lowest BCUT2D eigenvalue weighted by atomic mass is 10.1. The summed E-state index contributed by atoms with van der Waals surface area (Å²) in [6, 6.07) is 13.4. The number of ketones is 1. The van der Waals surface area contributed by atoms with Gasteiger partial charge in [-0.1, -0.05) is 26.0 Å². The number of hydrogen-bond donors (Lipinski definition) is 1. The normalized spacial score (nSPS) is 11.7. The van der Waals surface area contributed by atoms with E-state index in [1.165, 1.54) is 6.92 Å². The number of benzene rings is 2. The molecule has 0 aliphatic rings. The molecule has 2 aromatic carbocycles. The fourth-order valence-electron chi connectivity index (χ4n) is 2.14. The second-order valence-electron chi connectivity index (χ2n) is 6.11. The Morgan fingerprint density at radius 2 is 1.58 bits per heavy atom. The topological polar surface area (TPSA) is 72.5 Å². The molecule has 2 aromatic rings. The number of anilines is 1. The van der Waals surface area contributed by atoms with Crippen molar-refractivity contribution in [2.24, 2.45) is 5.92 Å². The lowest BCUT2D eigenvalue weighted by Crippen LogP contribution is -2.24. The van der Waals surface area contributed by atoms with Gasteiger partial charge in [-0.25, -0.2) is 4.79 Å². The third kappa shape index (κ3) is 5.02. The maximum Gasteiger partial charge on any atom is 0.339 e. The molecule has 0 fully saturated rings. The Hall–Kier alpha value is -2.47. The maximum atomic E-state index is 12.5. The monoisotopic (exact) mass is 417 g/mol. The predicted molar refractivity (Wildman–Crippen MR) is 103 cm³/mol. The summed E-state index contributed by atoms with van der Waals surface area (Å²) in [7, 11) is 0. The highest BCUT2D eigenvalue weighted by Crippen LogP contribution is 2.19. The van der Waals surface area contributed by atoms with Crippen LogP contribution >= 0.6 is 15.9 Å². The summed E-state index contributed by atoms with van der Waals surface area (Å²) >= 11 is 3.29. The average Bonchev–Trinajstić information content (AvgIpc) is 2.61. The van der Waals surface area contributed by atoms with E-state index in [0.29, 0.717) is 21.3 Å². The lowest BCUT2D eigenvalue weighted by molar-refractivity contribution is -0.118. The van der Waals surface area contributed by atoms with Gasteiger partial charge in [0.1, 0.15) is 0 Å². The van der Waals surface area contributed by atoms with Crippen LogP contribution in [0.4, 0.5) is 5.69 Å². The van der Waals surface area contributed by atoms with E-state index in [2.05, 4.69) is 21.2 Å². The zero-order valence-corrected chi connectivity index (χ0v) is 16.4. The molecule has 0 aromatic heterocycles. The molecule has 0 saturated carbocycles. The van der Waals surface area contributed by atoms with Crippen LogP contribution < -0.4 is 5.32 Å². The number of carbonyl (C=O) groups excluding carboxylic acids is 3. The van der Waals surface area contributed by atoms with Gasteiger partial charge in [0.05, 0.1) is 5.56 Å². The molecule has 0 saturated heterocycles. The summed E-state index contributed by atoms with van der Waals surface area (Å²) in [5, 5.41) is 2.76. The maximum absolute atomic E-state index is 12.5. The van der Waals surface area contributed by atoms with Gasteiger partial charge in [-0.15, -0.1) is 0 Å². The highest BCUT2D eigenvalue weighted by molar-refractivity contribution is 9.10. The van der Waals surface area contributed by atoms with Crippen LogP contribution in [0.5, 0.6) is 0 Å². The third-order valence-electron chi connectivity index (χ3n) is 3.71. The first-order valence-electron chi connectivity index (χ1n) is 8.20. The van der Waals surface area contributed by atoms with Crippen LogP contribution in [0.1, 0.15) is 41.5 Å². The number of rotatable bonds is 6. The summed E-state index contributed by atoms with van der Waals surface area (Å²) in [6.45, 7) is 5.13. The minimum Gasteiger partial charge on any atom is -0.451 e. The van der Waals surface area contributed by atoms with Gasteiger partial charge >= 0.3 is 5.97 Å². The number of hydrogen-bond acceptors (Lipinski definition) is 4. The first kappa shape index (κ1) is 19.8. The molecule has 0 aliphatic carbocycles. The quantitative estimate of drug-likeness (QED) is 0.555. The third-order valence-corrected chi connectivity index (χ3v) is 4.40. The molecule has 2 rings (SSSR count). The van der Waals surface area contributed by atoms with Crippen molar-refractivity contribution in [3.05, 3.63) is 64.1 Å². The van der Waals surface area contributed by atoms with E-state index in [-0.39, 0.29) is 17.6 Å². The molecule has 0 radical (unpaired) electrons. The molecule has 1 N–H and O–H groups in total. The van der Waals surface area contributed by atoms with Gasteiger partial charge in [-0.2, -0.15) is 0 Å². The molecule has 0 spiro atoms. The molecule has 0 aliphatic heterocycles. The van der Waals surface area contributed by atoms with Crippen molar-refractivity contribution in [1.29, 1.82) is 0 Å². The molecule has 0 bridgehead atoms. The van der Waals surface area contributed by atoms with E-state index >= 15 is 0 Å². The molecule has 1 atom stereocenters. The van der Waals surface area contributed by atoms with Crippen LogP contribution in [0.2, 0.25) is 0 Å². The van der Waals surface area contributed by atoms with Crippen molar-refractivity contribution in [2.45, 2.75) is 26.9 Å². The lowest BCUT2D eigenvalue weighted by Gasteiger charge is -2.13. The molecule has 5 nitrogen and oxygen atoms in total. The Balaban J connectivity index is 2.03. The molecular formula is C20H20BrNO4. The van der Waals surface area contributed by atoms with E-state index in [1.54, 1.807) is 62.4 Å². The Labute approximate surface area is 160 Å². The van der Waals surface area contributed by atoms with E-state index in [4.69, 9.17) is 4.74 Å². The fraction of sp³-hybridized carbons (Fsp3) is 0.250. The minimum absolute atomic E-state index is 0.0974.